The Hall–Kier alpha value is -1.97. The molecular formula is C21H30N2O2. The number of fused-ring (bicyclic) bond motifs is 1. The molecule has 1 saturated carbocycles. The van der Waals surface area contributed by atoms with Crippen LogP contribution in [-0.2, 0) is 4.74 Å². The average Bonchev–Trinajstić information content (AvgIpc) is 2.89. The zero-order valence-electron chi connectivity index (χ0n) is 16.0. The number of hydrogen-bond acceptors (Lipinski definition) is 2. The number of amides is 1. The van der Waals surface area contributed by atoms with E-state index in [4.69, 9.17) is 4.74 Å². The first-order valence-corrected chi connectivity index (χ1v) is 9.32. The molecule has 1 aromatic heterocycles. The molecule has 0 aliphatic heterocycles. The first-order chi connectivity index (χ1) is 11.7. The van der Waals surface area contributed by atoms with Gasteiger partial charge in [0.05, 0.1) is 0 Å². The van der Waals surface area contributed by atoms with Crippen molar-refractivity contribution in [3.63, 3.8) is 0 Å². The lowest BCUT2D eigenvalue weighted by Crippen LogP contribution is -2.43. The number of H-pyrrole nitrogens is 1. The van der Waals surface area contributed by atoms with Gasteiger partial charge in [-0.05, 0) is 64.7 Å². The Labute approximate surface area is 150 Å². The number of benzene rings is 1. The number of aryl methyl sites for hydroxylation is 2. The van der Waals surface area contributed by atoms with Gasteiger partial charge in [0.25, 0.3) is 0 Å². The quantitative estimate of drug-likeness (QED) is 0.774. The highest BCUT2D eigenvalue weighted by molar-refractivity contribution is 5.87. The largest absolute Gasteiger partial charge is 0.444 e. The number of aromatic nitrogens is 1. The minimum absolute atomic E-state index is 0.128. The van der Waals surface area contributed by atoms with Crippen LogP contribution in [0.15, 0.2) is 18.3 Å². The van der Waals surface area contributed by atoms with Crippen LogP contribution < -0.4 is 5.32 Å². The molecule has 3 rings (SSSR count). The van der Waals surface area contributed by atoms with Gasteiger partial charge in [-0.1, -0.05) is 24.5 Å². The van der Waals surface area contributed by atoms with E-state index in [0.717, 1.165) is 19.3 Å². The van der Waals surface area contributed by atoms with Gasteiger partial charge in [-0.2, -0.15) is 0 Å². The third-order valence-electron chi connectivity index (χ3n) is 5.03. The molecule has 1 aromatic carbocycles. The van der Waals surface area contributed by atoms with Crippen LogP contribution in [0.25, 0.3) is 10.9 Å². The van der Waals surface area contributed by atoms with Gasteiger partial charge >= 0.3 is 6.09 Å². The zero-order valence-corrected chi connectivity index (χ0v) is 16.0. The number of alkyl carbamates (subject to hydrolysis) is 1. The Morgan fingerprint density at radius 1 is 1.20 bits per heavy atom. The van der Waals surface area contributed by atoms with Crippen molar-refractivity contribution in [1.82, 2.24) is 10.3 Å². The number of nitrogens with one attached hydrogen (secondary N) is 2. The summed E-state index contributed by atoms with van der Waals surface area (Å²) in [6, 6.07) is 4.59. The molecule has 0 radical (unpaired) electrons. The second-order valence-electron chi connectivity index (χ2n) is 8.39. The van der Waals surface area contributed by atoms with Crippen molar-refractivity contribution in [1.29, 1.82) is 0 Å². The molecule has 1 amide bonds. The van der Waals surface area contributed by atoms with Gasteiger partial charge in [0, 0.05) is 29.1 Å². The van der Waals surface area contributed by atoms with E-state index in [0.29, 0.717) is 5.92 Å². The molecule has 2 aromatic rings. The van der Waals surface area contributed by atoms with Crippen molar-refractivity contribution in [2.45, 2.75) is 77.9 Å². The molecule has 1 aliphatic carbocycles. The maximum atomic E-state index is 12.3. The third kappa shape index (κ3) is 4.00. The lowest BCUT2D eigenvalue weighted by molar-refractivity contribution is 0.0485. The number of hydrogen-bond donors (Lipinski definition) is 2. The predicted molar refractivity (Wildman–Crippen MR) is 102 cm³/mol. The van der Waals surface area contributed by atoms with E-state index >= 15 is 0 Å². The fraction of sp³-hybridized carbons (Fsp3) is 0.571. The number of carbonyl (C=O) groups is 1. The fourth-order valence-electron chi connectivity index (χ4n) is 4.06. The van der Waals surface area contributed by atoms with E-state index in [1.165, 1.54) is 34.0 Å². The maximum Gasteiger partial charge on any atom is 0.407 e. The molecule has 2 atom stereocenters. The van der Waals surface area contributed by atoms with Crippen molar-refractivity contribution >= 4 is 17.0 Å². The molecule has 4 nitrogen and oxygen atoms in total. The van der Waals surface area contributed by atoms with Gasteiger partial charge < -0.3 is 15.0 Å². The molecule has 2 unspecified atom stereocenters. The Morgan fingerprint density at radius 2 is 1.92 bits per heavy atom. The van der Waals surface area contributed by atoms with Gasteiger partial charge in [-0.25, -0.2) is 4.79 Å². The fourth-order valence-corrected chi connectivity index (χ4v) is 4.06. The van der Waals surface area contributed by atoms with E-state index in [1.807, 2.05) is 20.8 Å². The highest BCUT2D eigenvalue weighted by atomic mass is 16.6. The summed E-state index contributed by atoms with van der Waals surface area (Å²) in [7, 11) is 0. The lowest BCUT2D eigenvalue weighted by Gasteiger charge is -2.33. The monoisotopic (exact) mass is 342 g/mol. The molecule has 25 heavy (non-hydrogen) atoms. The number of rotatable bonds is 2. The van der Waals surface area contributed by atoms with Gasteiger partial charge in [0.1, 0.15) is 5.60 Å². The maximum absolute atomic E-state index is 12.3. The van der Waals surface area contributed by atoms with E-state index in [-0.39, 0.29) is 12.1 Å². The van der Waals surface area contributed by atoms with E-state index in [1.54, 1.807) is 0 Å². The average molecular weight is 342 g/mol. The molecule has 1 aliphatic rings. The van der Waals surface area contributed by atoms with E-state index in [2.05, 4.69) is 42.5 Å². The van der Waals surface area contributed by atoms with Gasteiger partial charge in [-0.3, -0.25) is 0 Å². The summed E-state index contributed by atoms with van der Waals surface area (Å²) >= 11 is 0. The first kappa shape index (κ1) is 17.8. The molecule has 0 bridgehead atoms. The SMILES string of the molecule is Cc1cc(C)c2[nH]cc(C3CCCCC3NC(=O)OC(C)(C)C)c2c1. The van der Waals surface area contributed by atoms with Crippen LogP contribution in [0.2, 0.25) is 0 Å². The van der Waals surface area contributed by atoms with Crippen molar-refractivity contribution in [2.75, 3.05) is 0 Å². The molecule has 136 valence electrons. The second kappa shape index (κ2) is 6.74. The molecule has 1 heterocycles. The zero-order chi connectivity index (χ0) is 18.2. The summed E-state index contributed by atoms with van der Waals surface area (Å²) in [5.41, 5.74) is 4.61. The van der Waals surface area contributed by atoms with Crippen LogP contribution in [0.3, 0.4) is 0 Å². The Bertz CT molecular complexity index is 770. The highest BCUT2D eigenvalue weighted by Gasteiger charge is 2.31. The topological polar surface area (TPSA) is 54.1 Å². The number of aromatic amines is 1. The molecule has 0 saturated heterocycles. The molecule has 4 heteroatoms. The van der Waals surface area contributed by atoms with Crippen molar-refractivity contribution in [3.8, 4) is 0 Å². The smallest absolute Gasteiger partial charge is 0.407 e. The minimum atomic E-state index is -0.469. The molecule has 0 spiro atoms. The van der Waals surface area contributed by atoms with E-state index < -0.39 is 5.60 Å². The van der Waals surface area contributed by atoms with Crippen molar-refractivity contribution < 1.29 is 9.53 Å². The number of ether oxygens (including phenoxy) is 1. The second-order valence-corrected chi connectivity index (χ2v) is 8.39. The summed E-state index contributed by atoms with van der Waals surface area (Å²) in [5, 5.41) is 4.42. The standard InChI is InChI=1S/C21H30N2O2/c1-13-10-14(2)19-16(11-13)17(12-22-19)15-8-6-7-9-18(15)23-20(24)25-21(3,4)5/h10-12,15,18,22H,6-9H2,1-5H3,(H,23,24). The minimum Gasteiger partial charge on any atom is -0.444 e. The normalized spacial score (nSPS) is 21.3. The van der Waals surface area contributed by atoms with Gasteiger partial charge in [0.15, 0.2) is 0 Å². The Balaban J connectivity index is 1.88. The molecule has 1 fully saturated rings. The van der Waals surface area contributed by atoms with Gasteiger partial charge in [-0.15, -0.1) is 0 Å². The summed E-state index contributed by atoms with van der Waals surface area (Å²) in [5.74, 6) is 0.330. The van der Waals surface area contributed by atoms with Crippen molar-refractivity contribution in [2.24, 2.45) is 0 Å². The Kier molecular flexibility index (Phi) is 4.81. The Morgan fingerprint density at radius 3 is 2.64 bits per heavy atom. The summed E-state index contributed by atoms with van der Waals surface area (Å²) < 4.78 is 5.47. The van der Waals surface area contributed by atoms with Crippen LogP contribution in [0.4, 0.5) is 4.79 Å². The summed E-state index contributed by atoms with van der Waals surface area (Å²) in [6.45, 7) is 9.98. The van der Waals surface area contributed by atoms with Gasteiger partial charge in [0.2, 0.25) is 0 Å². The molecular weight excluding hydrogens is 312 g/mol. The molecule has 2 N–H and O–H groups in total. The van der Waals surface area contributed by atoms with Crippen LogP contribution in [0.5, 0.6) is 0 Å². The summed E-state index contributed by atoms with van der Waals surface area (Å²) in [6.07, 6.45) is 6.28. The first-order valence-electron chi connectivity index (χ1n) is 9.32. The van der Waals surface area contributed by atoms with Crippen LogP contribution in [-0.4, -0.2) is 22.7 Å². The summed E-state index contributed by atoms with van der Waals surface area (Å²) in [4.78, 5) is 15.7. The van der Waals surface area contributed by atoms with Crippen LogP contribution in [0.1, 0.15) is 69.1 Å². The highest BCUT2D eigenvalue weighted by Crippen LogP contribution is 2.38. The van der Waals surface area contributed by atoms with E-state index in [9.17, 15) is 4.79 Å². The number of carbonyl (C=O) groups excluding carboxylic acids is 1. The van der Waals surface area contributed by atoms with Crippen LogP contribution >= 0.6 is 0 Å². The van der Waals surface area contributed by atoms with Crippen molar-refractivity contribution in [3.05, 3.63) is 35.0 Å². The third-order valence-corrected chi connectivity index (χ3v) is 5.03. The van der Waals surface area contributed by atoms with Crippen LogP contribution in [0, 0.1) is 13.8 Å². The lowest BCUT2D eigenvalue weighted by atomic mass is 9.79. The predicted octanol–water partition coefficient (Wildman–Crippen LogP) is 5.34.